The molecule has 0 amide bonds. The molecule has 26 heavy (non-hydrogen) atoms. The fourth-order valence-corrected chi connectivity index (χ4v) is 2.60. The molecule has 0 spiro atoms. The first-order chi connectivity index (χ1) is 12.3. The lowest BCUT2D eigenvalue weighted by Crippen LogP contribution is -2.25. The van der Waals surface area contributed by atoms with E-state index in [9.17, 15) is 14.4 Å². The van der Waals surface area contributed by atoms with Crippen LogP contribution >= 0.6 is 11.6 Å². The Bertz CT molecular complexity index is 842. The van der Waals surface area contributed by atoms with Gasteiger partial charge in [0.1, 0.15) is 5.15 Å². The number of hydrogen-bond acceptors (Lipinski definition) is 6. The van der Waals surface area contributed by atoms with Crippen molar-refractivity contribution in [3.8, 4) is 0 Å². The number of ketones is 1. The molecule has 0 bridgehead atoms. The minimum atomic E-state index is -1.05. The molecule has 7 nitrogen and oxygen atoms in total. The van der Waals surface area contributed by atoms with Gasteiger partial charge in [-0.3, -0.25) is 4.79 Å². The number of aryl methyl sites for hydroxylation is 1. The van der Waals surface area contributed by atoms with Gasteiger partial charge in [0, 0.05) is 11.9 Å². The Labute approximate surface area is 155 Å². The van der Waals surface area contributed by atoms with Gasteiger partial charge in [0.25, 0.3) is 0 Å². The van der Waals surface area contributed by atoms with E-state index in [1.807, 2.05) is 0 Å². The maximum Gasteiger partial charge on any atom is 0.340 e. The van der Waals surface area contributed by atoms with E-state index in [1.165, 1.54) is 25.3 Å². The molecule has 0 saturated heterocycles. The van der Waals surface area contributed by atoms with E-state index in [0.29, 0.717) is 16.8 Å². The summed E-state index contributed by atoms with van der Waals surface area (Å²) in [5, 5.41) is 0.245. The third-order valence-electron chi connectivity index (χ3n) is 3.78. The van der Waals surface area contributed by atoms with E-state index < -0.39 is 23.8 Å². The summed E-state index contributed by atoms with van der Waals surface area (Å²) in [6.45, 7) is 6.71. The van der Waals surface area contributed by atoms with Crippen LogP contribution in [-0.2, 0) is 9.47 Å². The van der Waals surface area contributed by atoms with Gasteiger partial charge in [0.2, 0.25) is 5.78 Å². The van der Waals surface area contributed by atoms with Crippen molar-refractivity contribution in [1.82, 2.24) is 9.97 Å². The largest absolute Gasteiger partial charge is 0.462 e. The lowest BCUT2D eigenvalue weighted by atomic mass is 10.1. The zero-order chi connectivity index (χ0) is 19.4. The minimum absolute atomic E-state index is 0.181. The lowest BCUT2D eigenvalue weighted by molar-refractivity contribution is 0.0316. The maximum absolute atomic E-state index is 12.6. The Hall–Kier alpha value is -2.67. The van der Waals surface area contributed by atoms with Gasteiger partial charge in [0.15, 0.2) is 6.10 Å². The van der Waals surface area contributed by atoms with Crippen molar-refractivity contribution in [2.75, 3.05) is 6.61 Å². The van der Waals surface area contributed by atoms with Crippen LogP contribution in [0.2, 0.25) is 5.15 Å². The van der Waals surface area contributed by atoms with E-state index in [0.717, 1.165) is 0 Å². The second kappa shape index (κ2) is 8.14. The van der Waals surface area contributed by atoms with Crippen LogP contribution in [0.5, 0.6) is 0 Å². The highest BCUT2D eigenvalue weighted by Gasteiger charge is 2.27. The predicted octanol–water partition coefficient (Wildman–Crippen LogP) is 3.28. The number of esters is 2. The molecule has 2 heterocycles. The Morgan fingerprint density at radius 2 is 1.92 bits per heavy atom. The van der Waals surface area contributed by atoms with Gasteiger partial charge in [-0.05, 0) is 45.4 Å². The van der Waals surface area contributed by atoms with Crippen LogP contribution in [0.3, 0.4) is 0 Å². The first-order valence-corrected chi connectivity index (χ1v) is 8.37. The highest BCUT2D eigenvalue weighted by Crippen LogP contribution is 2.21. The summed E-state index contributed by atoms with van der Waals surface area (Å²) in [5.74, 6) is -1.65. The minimum Gasteiger partial charge on any atom is -0.462 e. The molecule has 2 aromatic heterocycles. The average Bonchev–Trinajstić information content (AvgIpc) is 2.89. The van der Waals surface area contributed by atoms with E-state index in [-0.39, 0.29) is 23.0 Å². The second-order valence-electron chi connectivity index (χ2n) is 5.63. The zero-order valence-electron chi connectivity index (χ0n) is 14.9. The van der Waals surface area contributed by atoms with Gasteiger partial charge in [-0.15, -0.1) is 0 Å². The van der Waals surface area contributed by atoms with Crippen LogP contribution in [-0.4, -0.2) is 40.4 Å². The number of Topliss-reactive ketones (excluding diaryl/α,β-unsaturated/α-hetero) is 1. The van der Waals surface area contributed by atoms with E-state index in [1.54, 1.807) is 20.8 Å². The number of pyridine rings is 1. The van der Waals surface area contributed by atoms with Gasteiger partial charge < -0.3 is 14.5 Å². The van der Waals surface area contributed by atoms with Crippen LogP contribution in [0.25, 0.3) is 0 Å². The SMILES string of the molecule is CCOC(=O)c1c(C)[nH]c(C(=O)[C@H](C)OC(=O)c2ccc(Cl)nc2)c1C. The molecule has 0 aliphatic rings. The summed E-state index contributed by atoms with van der Waals surface area (Å²) in [6.07, 6.45) is 0.218. The third kappa shape index (κ3) is 4.11. The number of aromatic amines is 1. The fraction of sp³-hybridized carbons (Fsp3) is 0.333. The number of ether oxygens (including phenoxy) is 2. The Morgan fingerprint density at radius 3 is 2.50 bits per heavy atom. The number of carbonyl (C=O) groups is 3. The Kier molecular flexibility index (Phi) is 6.15. The van der Waals surface area contributed by atoms with Crippen molar-refractivity contribution < 1.29 is 23.9 Å². The highest BCUT2D eigenvalue weighted by molar-refractivity contribution is 6.29. The monoisotopic (exact) mass is 378 g/mol. The van der Waals surface area contributed by atoms with Crippen molar-refractivity contribution in [3.05, 3.63) is 51.6 Å². The van der Waals surface area contributed by atoms with E-state index in [2.05, 4.69) is 9.97 Å². The number of hydrogen-bond donors (Lipinski definition) is 1. The van der Waals surface area contributed by atoms with Gasteiger partial charge in [-0.1, -0.05) is 11.6 Å². The molecule has 138 valence electrons. The van der Waals surface area contributed by atoms with Crippen molar-refractivity contribution in [2.24, 2.45) is 0 Å². The quantitative estimate of drug-likeness (QED) is 0.470. The second-order valence-corrected chi connectivity index (χ2v) is 6.01. The van der Waals surface area contributed by atoms with Crippen molar-refractivity contribution in [3.63, 3.8) is 0 Å². The van der Waals surface area contributed by atoms with Gasteiger partial charge in [0.05, 0.1) is 23.4 Å². The summed E-state index contributed by atoms with van der Waals surface area (Å²) < 4.78 is 10.2. The summed E-state index contributed by atoms with van der Waals surface area (Å²) in [4.78, 5) is 43.5. The molecule has 1 atom stereocenters. The first kappa shape index (κ1) is 19.7. The lowest BCUT2D eigenvalue weighted by Gasteiger charge is -2.12. The Balaban J connectivity index is 2.18. The number of aromatic nitrogens is 2. The van der Waals surface area contributed by atoms with Gasteiger partial charge >= 0.3 is 11.9 Å². The highest BCUT2D eigenvalue weighted by atomic mass is 35.5. The number of H-pyrrole nitrogens is 1. The molecular formula is C18H19ClN2O5. The van der Waals surface area contributed by atoms with Crippen LogP contribution in [0, 0.1) is 13.8 Å². The summed E-state index contributed by atoms with van der Waals surface area (Å²) >= 11 is 5.68. The predicted molar refractivity (Wildman–Crippen MR) is 94.7 cm³/mol. The van der Waals surface area contributed by atoms with Crippen LogP contribution in [0.15, 0.2) is 18.3 Å². The van der Waals surface area contributed by atoms with Gasteiger partial charge in [-0.2, -0.15) is 0 Å². The summed E-state index contributed by atoms with van der Waals surface area (Å²) in [5.41, 5.74) is 1.68. The molecule has 0 unspecified atom stereocenters. The van der Waals surface area contributed by atoms with Crippen LogP contribution in [0.4, 0.5) is 0 Å². The topological polar surface area (TPSA) is 98.4 Å². The number of rotatable bonds is 6. The molecule has 2 rings (SSSR count). The Morgan fingerprint density at radius 1 is 1.23 bits per heavy atom. The first-order valence-electron chi connectivity index (χ1n) is 7.99. The molecule has 0 aliphatic carbocycles. The molecule has 2 aromatic rings. The standard InChI is InChI=1S/C18H19ClN2O5/c1-5-25-18(24)14-9(2)15(21-10(14)3)16(22)11(4)26-17(23)12-6-7-13(19)20-8-12/h6-8,11,21H,5H2,1-4H3/t11-/m0/s1. The van der Waals surface area contributed by atoms with Gasteiger partial charge in [-0.25, -0.2) is 14.6 Å². The van der Waals surface area contributed by atoms with E-state index in [4.69, 9.17) is 21.1 Å². The van der Waals surface area contributed by atoms with E-state index >= 15 is 0 Å². The number of nitrogens with one attached hydrogen (secondary N) is 1. The van der Waals surface area contributed by atoms with Crippen molar-refractivity contribution >= 4 is 29.3 Å². The van der Waals surface area contributed by atoms with Crippen LogP contribution in [0.1, 0.15) is 56.3 Å². The van der Waals surface area contributed by atoms with Crippen molar-refractivity contribution in [1.29, 1.82) is 0 Å². The fourth-order valence-electron chi connectivity index (χ4n) is 2.49. The normalized spacial score (nSPS) is 11.7. The molecule has 1 N–H and O–H groups in total. The number of carbonyl (C=O) groups excluding carboxylic acids is 3. The molecular weight excluding hydrogens is 360 g/mol. The number of nitrogens with zero attached hydrogens (tertiary/aromatic N) is 1. The molecule has 0 radical (unpaired) electrons. The molecule has 8 heteroatoms. The molecule has 0 aromatic carbocycles. The molecule has 0 saturated carbocycles. The number of halogens is 1. The third-order valence-corrected chi connectivity index (χ3v) is 4.00. The summed E-state index contributed by atoms with van der Waals surface area (Å²) in [7, 11) is 0. The maximum atomic E-state index is 12.6. The smallest absolute Gasteiger partial charge is 0.340 e. The average molecular weight is 379 g/mol. The molecule has 0 fully saturated rings. The zero-order valence-corrected chi connectivity index (χ0v) is 15.6. The van der Waals surface area contributed by atoms with Crippen LogP contribution < -0.4 is 0 Å². The van der Waals surface area contributed by atoms with Crippen molar-refractivity contribution in [2.45, 2.75) is 33.8 Å². The molecule has 0 aliphatic heterocycles. The summed E-state index contributed by atoms with van der Waals surface area (Å²) in [6, 6.07) is 2.91.